The topological polar surface area (TPSA) is 93.0 Å². The van der Waals surface area contributed by atoms with Crippen molar-refractivity contribution in [2.45, 2.75) is 22.5 Å². The van der Waals surface area contributed by atoms with Gasteiger partial charge in [0.25, 0.3) is 0 Å². The van der Waals surface area contributed by atoms with Crippen molar-refractivity contribution in [2.75, 3.05) is 0 Å². The van der Waals surface area contributed by atoms with Gasteiger partial charge >= 0.3 is 0 Å². The quantitative estimate of drug-likeness (QED) is 0.864. The van der Waals surface area contributed by atoms with Gasteiger partial charge in [-0.2, -0.15) is 0 Å². The van der Waals surface area contributed by atoms with Gasteiger partial charge in [-0.15, -0.1) is 0 Å². The molecule has 0 saturated heterocycles. The molecule has 0 bridgehead atoms. The SMILES string of the molecule is NC(=O)C1(S(=O)(=O)c2cccc3[nH]ccc23)CC1. The van der Waals surface area contributed by atoms with Crippen LogP contribution in [-0.2, 0) is 14.6 Å². The van der Waals surface area contributed by atoms with Gasteiger partial charge in [0.1, 0.15) is 0 Å². The third kappa shape index (κ3) is 1.26. The van der Waals surface area contributed by atoms with Crippen LogP contribution in [0.15, 0.2) is 35.4 Å². The molecule has 1 saturated carbocycles. The summed E-state index contributed by atoms with van der Waals surface area (Å²) >= 11 is 0. The lowest BCUT2D eigenvalue weighted by molar-refractivity contribution is -0.118. The average Bonchev–Trinajstić information content (AvgIpc) is 3.02. The summed E-state index contributed by atoms with van der Waals surface area (Å²) in [7, 11) is -3.72. The second-order valence-electron chi connectivity index (χ2n) is 4.56. The monoisotopic (exact) mass is 264 g/mol. The summed E-state index contributed by atoms with van der Waals surface area (Å²) in [6, 6.07) is 6.66. The first kappa shape index (κ1) is 11.3. The predicted molar refractivity (Wildman–Crippen MR) is 66.6 cm³/mol. The Morgan fingerprint density at radius 2 is 2.00 bits per heavy atom. The number of carbonyl (C=O) groups excluding carboxylic acids is 1. The molecule has 1 aromatic carbocycles. The minimum Gasteiger partial charge on any atom is -0.368 e. The van der Waals surface area contributed by atoms with E-state index in [1.54, 1.807) is 24.4 Å². The maximum Gasteiger partial charge on any atom is 0.239 e. The van der Waals surface area contributed by atoms with Crippen LogP contribution in [0.3, 0.4) is 0 Å². The van der Waals surface area contributed by atoms with Crippen LogP contribution in [0.4, 0.5) is 0 Å². The van der Waals surface area contributed by atoms with E-state index < -0.39 is 20.5 Å². The maximum absolute atomic E-state index is 12.6. The Kier molecular flexibility index (Phi) is 2.10. The van der Waals surface area contributed by atoms with Crippen molar-refractivity contribution in [3.8, 4) is 0 Å². The largest absolute Gasteiger partial charge is 0.368 e. The summed E-state index contributed by atoms with van der Waals surface area (Å²) in [4.78, 5) is 14.5. The first-order valence-electron chi connectivity index (χ1n) is 5.60. The van der Waals surface area contributed by atoms with E-state index in [1.165, 1.54) is 6.07 Å². The number of fused-ring (bicyclic) bond motifs is 1. The van der Waals surface area contributed by atoms with Crippen molar-refractivity contribution in [3.05, 3.63) is 30.5 Å². The molecule has 2 aromatic rings. The lowest BCUT2D eigenvalue weighted by Crippen LogP contribution is -2.38. The van der Waals surface area contributed by atoms with Crippen LogP contribution >= 0.6 is 0 Å². The molecule has 5 nitrogen and oxygen atoms in total. The van der Waals surface area contributed by atoms with E-state index in [9.17, 15) is 13.2 Å². The standard InChI is InChI=1S/C12H12N2O3S/c13-11(15)12(5-6-12)18(16,17)10-3-1-2-9-8(10)4-7-14-9/h1-4,7,14H,5-6H2,(H2,13,15). The summed E-state index contributed by atoms with van der Waals surface area (Å²) < 4.78 is 23.7. The van der Waals surface area contributed by atoms with Crippen molar-refractivity contribution in [1.82, 2.24) is 4.98 Å². The zero-order valence-electron chi connectivity index (χ0n) is 9.51. The number of rotatable bonds is 3. The molecule has 1 amide bonds. The normalized spacial score (nSPS) is 17.8. The third-order valence-corrected chi connectivity index (χ3v) is 6.09. The van der Waals surface area contributed by atoms with E-state index in [0.29, 0.717) is 18.2 Å². The van der Waals surface area contributed by atoms with Crippen LogP contribution in [0.2, 0.25) is 0 Å². The Labute approximate surface area is 104 Å². The molecule has 0 aliphatic heterocycles. The third-order valence-electron chi connectivity index (χ3n) is 3.51. The molecule has 0 unspecified atom stereocenters. The number of nitrogens with two attached hydrogens (primary N) is 1. The summed E-state index contributed by atoms with van der Waals surface area (Å²) in [5.41, 5.74) is 5.98. The van der Waals surface area contributed by atoms with E-state index in [4.69, 9.17) is 5.73 Å². The molecule has 3 rings (SSSR count). The number of aromatic nitrogens is 1. The Hall–Kier alpha value is -1.82. The van der Waals surface area contributed by atoms with Crippen LogP contribution in [0.25, 0.3) is 10.9 Å². The number of hydrogen-bond acceptors (Lipinski definition) is 3. The Balaban J connectivity index is 2.27. The van der Waals surface area contributed by atoms with E-state index in [0.717, 1.165) is 5.52 Å². The molecule has 1 aromatic heterocycles. The Morgan fingerprint density at radius 3 is 2.61 bits per heavy atom. The number of H-pyrrole nitrogens is 1. The van der Waals surface area contributed by atoms with Crippen molar-refractivity contribution in [1.29, 1.82) is 0 Å². The van der Waals surface area contributed by atoms with Crippen LogP contribution in [-0.4, -0.2) is 24.1 Å². The van der Waals surface area contributed by atoms with Crippen molar-refractivity contribution < 1.29 is 13.2 Å². The average molecular weight is 264 g/mol. The van der Waals surface area contributed by atoms with Crippen molar-refractivity contribution in [2.24, 2.45) is 5.73 Å². The van der Waals surface area contributed by atoms with E-state index >= 15 is 0 Å². The van der Waals surface area contributed by atoms with E-state index in [-0.39, 0.29) is 4.90 Å². The molecule has 1 fully saturated rings. The fourth-order valence-electron chi connectivity index (χ4n) is 2.26. The number of amides is 1. The number of sulfone groups is 1. The molecule has 1 aliphatic rings. The summed E-state index contributed by atoms with van der Waals surface area (Å²) in [6.07, 6.45) is 2.30. The highest BCUT2D eigenvalue weighted by molar-refractivity contribution is 7.94. The number of nitrogens with one attached hydrogen (secondary N) is 1. The van der Waals surface area contributed by atoms with Gasteiger partial charge in [0, 0.05) is 17.1 Å². The smallest absolute Gasteiger partial charge is 0.239 e. The maximum atomic E-state index is 12.6. The molecule has 0 radical (unpaired) electrons. The number of hydrogen-bond donors (Lipinski definition) is 2. The highest BCUT2D eigenvalue weighted by atomic mass is 32.2. The van der Waals surface area contributed by atoms with Gasteiger partial charge in [0.2, 0.25) is 5.91 Å². The minimum atomic E-state index is -3.72. The Morgan fingerprint density at radius 1 is 1.28 bits per heavy atom. The van der Waals surface area contributed by atoms with Gasteiger partial charge in [-0.1, -0.05) is 6.07 Å². The number of benzene rings is 1. The molecule has 0 spiro atoms. The predicted octanol–water partition coefficient (Wildman–Crippen LogP) is 0.959. The lowest BCUT2D eigenvalue weighted by atomic mass is 10.2. The first-order valence-corrected chi connectivity index (χ1v) is 7.08. The second-order valence-corrected chi connectivity index (χ2v) is 6.79. The second kappa shape index (κ2) is 3.35. The lowest BCUT2D eigenvalue weighted by Gasteiger charge is -2.13. The number of aromatic amines is 1. The van der Waals surface area contributed by atoms with E-state index in [2.05, 4.69) is 4.98 Å². The highest BCUT2D eigenvalue weighted by Gasteiger charge is 2.60. The molecule has 1 aliphatic carbocycles. The number of primary amides is 1. The molecule has 1 heterocycles. The van der Waals surface area contributed by atoms with Crippen molar-refractivity contribution >= 4 is 26.6 Å². The van der Waals surface area contributed by atoms with Crippen LogP contribution in [0.5, 0.6) is 0 Å². The first-order chi connectivity index (χ1) is 8.49. The van der Waals surface area contributed by atoms with Crippen molar-refractivity contribution in [3.63, 3.8) is 0 Å². The van der Waals surface area contributed by atoms with Gasteiger partial charge in [0.05, 0.1) is 4.90 Å². The molecular formula is C12H12N2O3S. The zero-order valence-corrected chi connectivity index (χ0v) is 10.3. The molecule has 0 atom stereocenters. The van der Waals surface area contributed by atoms with Crippen LogP contribution in [0, 0.1) is 0 Å². The van der Waals surface area contributed by atoms with Gasteiger partial charge < -0.3 is 10.7 Å². The Bertz CT molecular complexity index is 742. The minimum absolute atomic E-state index is 0.178. The molecule has 94 valence electrons. The van der Waals surface area contributed by atoms with Gasteiger partial charge in [-0.05, 0) is 31.0 Å². The van der Waals surface area contributed by atoms with Crippen LogP contribution < -0.4 is 5.73 Å². The van der Waals surface area contributed by atoms with Gasteiger partial charge in [0.15, 0.2) is 14.6 Å². The molecular weight excluding hydrogens is 252 g/mol. The highest BCUT2D eigenvalue weighted by Crippen LogP contribution is 2.47. The van der Waals surface area contributed by atoms with Gasteiger partial charge in [-0.25, -0.2) is 8.42 Å². The summed E-state index contributed by atoms with van der Waals surface area (Å²) in [6.45, 7) is 0. The summed E-state index contributed by atoms with van der Waals surface area (Å²) in [5, 5.41) is 0.602. The molecule has 3 N–H and O–H groups in total. The molecule has 6 heteroatoms. The fourth-order valence-corrected chi connectivity index (χ4v) is 4.31. The number of carbonyl (C=O) groups is 1. The fraction of sp³-hybridized carbons (Fsp3) is 0.250. The van der Waals surface area contributed by atoms with Gasteiger partial charge in [-0.3, -0.25) is 4.79 Å². The zero-order chi connectivity index (χ0) is 13.0. The molecule has 18 heavy (non-hydrogen) atoms. The summed E-state index contributed by atoms with van der Waals surface area (Å²) in [5.74, 6) is -0.755. The van der Waals surface area contributed by atoms with E-state index in [1.807, 2.05) is 0 Å². The van der Waals surface area contributed by atoms with Crippen LogP contribution in [0.1, 0.15) is 12.8 Å².